The van der Waals surface area contributed by atoms with Crippen LogP contribution in [0.3, 0.4) is 0 Å². The van der Waals surface area contributed by atoms with Gasteiger partial charge in [-0.3, -0.25) is 0 Å². The second-order valence-electron chi connectivity index (χ2n) is 5.03. The van der Waals surface area contributed by atoms with E-state index in [9.17, 15) is 8.42 Å². The number of methoxy groups -OCH3 is 1. The average molecular weight is 360 g/mol. The van der Waals surface area contributed by atoms with Crippen LogP contribution in [-0.4, -0.2) is 20.5 Å². The number of ether oxygens (including phenoxy) is 1. The highest BCUT2D eigenvalue weighted by Crippen LogP contribution is 2.22. The van der Waals surface area contributed by atoms with Crippen LogP contribution in [0.5, 0.6) is 5.75 Å². The van der Waals surface area contributed by atoms with Crippen LogP contribution in [-0.2, 0) is 16.6 Å². The topological polar surface area (TPSA) is 68.3 Å². The van der Waals surface area contributed by atoms with Gasteiger partial charge in [0.2, 0.25) is 10.0 Å². The summed E-state index contributed by atoms with van der Waals surface area (Å²) in [6.45, 7) is 0.229. The van der Waals surface area contributed by atoms with Crippen molar-refractivity contribution in [2.24, 2.45) is 0 Å². The van der Waals surface area contributed by atoms with Crippen molar-refractivity contribution >= 4 is 21.4 Å². The molecule has 0 unspecified atom stereocenters. The highest BCUT2D eigenvalue weighted by molar-refractivity contribution is 7.89. The van der Waals surface area contributed by atoms with E-state index in [1.54, 1.807) is 29.7 Å². The molecular formula is C17H16N2O3S2. The zero-order valence-corrected chi connectivity index (χ0v) is 14.6. The molecule has 24 heavy (non-hydrogen) atoms. The van der Waals surface area contributed by atoms with E-state index in [0.717, 1.165) is 16.1 Å². The molecule has 0 aliphatic carbocycles. The maximum atomic E-state index is 12.3. The number of nitrogens with zero attached hydrogens (tertiary/aromatic N) is 1. The normalized spacial score (nSPS) is 11.4. The lowest BCUT2D eigenvalue weighted by atomic mass is 10.1. The number of benzene rings is 2. The smallest absolute Gasteiger partial charge is 0.240 e. The molecule has 0 aliphatic heterocycles. The summed E-state index contributed by atoms with van der Waals surface area (Å²) >= 11 is 1.57. The van der Waals surface area contributed by atoms with Crippen LogP contribution in [0.2, 0.25) is 0 Å². The van der Waals surface area contributed by atoms with Crippen molar-refractivity contribution in [2.75, 3.05) is 7.11 Å². The second kappa shape index (κ2) is 7.12. The van der Waals surface area contributed by atoms with Crippen LogP contribution in [0.4, 0.5) is 0 Å². The third-order valence-corrected chi connectivity index (χ3v) is 5.71. The molecule has 0 aliphatic rings. The molecule has 0 atom stereocenters. The van der Waals surface area contributed by atoms with Crippen LogP contribution >= 0.6 is 11.3 Å². The van der Waals surface area contributed by atoms with Gasteiger partial charge in [-0.2, -0.15) is 0 Å². The minimum atomic E-state index is -3.55. The predicted molar refractivity (Wildman–Crippen MR) is 94.6 cm³/mol. The minimum Gasteiger partial charge on any atom is -0.497 e. The van der Waals surface area contributed by atoms with Crippen molar-refractivity contribution in [3.05, 3.63) is 65.7 Å². The van der Waals surface area contributed by atoms with Crippen LogP contribution in [0.25, 0.3) is 10.6 Å². The number of hydrogen-bond acceptors (Lipinski definition) is 5. The Kier molecular flexibility index (Phi) is 4.94. The van der Waals surface area contributed by atoms with E-state index in [-0.39, 0.29) is 11.4 Å². The van der Waals surface area contributed by atoms with Gasteiger partial charge in [0.25, 0.3) is 0 Å². The molecule has 1 aromatic heterocycles. The van der Waals surface area contributed by atoms with Gasteiger partial charge in [-0.25, -0.2) is 18.1 Å². The fraction of sp³-hybridized carbons (Fsp3) is 0.118. The zero-order valence-electron chi connectivity index (χ0n) is 13.0. The van der Waals surface area contributed by atoms with E-state index in [1.807, 2.05) is 29.6 Å². The summed E-state index contributed by atoms with van der Waals surface area (Å²) in [6, 6.07) is 14.0. The van der Waals surface area contributed by atoms with E-state index >= 15 is 0 Å². The Hall–Kier alpha value is -2.22. The summed E-state index contributed by atoms with van der Waals surface area (Å²) in [4.78, 5) is 4.46. The predicted octanol–water partition coefficient (Wildman–Crippen LogP) is 3.30. The van der Waals surface area contributed by atoms with Crippen molar-refractivity contribution in [1.82, 2.24) is 9.71 Å². The number of nitrogens with one attached hydrogen (secondary N) is 1. The van der Waals surface area contributed by atoms with Gasteiger partial charge < -0.3 is 4.74 Å². The zero-order chi connectivity index (χ0) is 17.0. The fourth-order valence-corrected chi connectivity index (χ4v) is 3.81. The first-order valence-electron chi connectivity index (χ1n) is 7.21. The number of thiazole rings is 1. The molecule has 2 aromatic carbocycles. The number of sulfonamides is 1. The quantitative estimate of drug-likeness (QED) is 0.732. The molecule has 3 aromatic rings. The summed E-state index contributed by atoms with van der Waals surface area (Å²) in [5.74, 6) is 0.617. The second-order valence-corrected chi connectivity index (χ2v) is 7.70. The molecule has 5 nitrogen and oxygen atoms in total. The van der Waals surface area contributed by atoms with Gasteiger partial charge in [0.15, 0.2) is 0 Å². The summed E-state index contributed by atoms with van der Waals surface area (Å²) in [7, 11) is -2.01. The van der Waals surface area contributed by atoms with Crippen molar-refractivity contribution in [2.45, 2.75) is 11.4 Å². The molecule has 0 spiro atoms. The molecular weight excluding hydrogens is 344 g/mol. The highest BCUT2D eigenvalue weighted by Gasteiger charge is 2.13. The lowest BCUT2D eigenvalue weighted by molar-refractivity contribution is 0.414. The number of rotatable bonds is 6. The summed E-state index contributed by atoms with van der Waals surface area (Å²) in [5, 5.41) is 2.87. The fourth-order valence-electron chi connectivity index (χ4n) is 2.15. The lowest BCUT2D eigenvalue weighted by Gasteiger charge is -2.08. The van der Waals surface area contributed by atoms with Gasteiger partial charge in [0.05, 0.1) is 12.0 Å². The first-order valence-corrected chi connectivity index (χ1v) is 9.57. The first kappa shape index (κ1) is 16.6. The third kappa shape index (κ3) is 3.81. The van der Waals surface area contributed by atoms with Crippen LogP contribution in [0.15, 0.2) is 65.0 Å². The van der Waals surface area contributed by atoms with Gasteiger partial charge in [-0.1, -0.05) is 24.3 Å². The maximum absolute atomic E-state index is 12.3. The van der Waals surface area contributed by atoms with E-state index < -0.39 is 10.0 Å². The molecule has 0 bridgehead atoms. The largest absolute Gasteiger partial charge is 0.497 e. The molecule has 124 valence electrons. The van der Waals surface area contributed by atoms with Crippen molar-refractivity contribution in [1.29, 1.82) is 0 Å². The van der Waals surface area contributed by atoms with E-state index in [1.165, 1.54) is 19.2 Å². The molecule has 0 fully saturated rings. The molecule has 1 heterocycles. The molecule has 0 saturated carbocycles. The molecule has 3 rings (SSSR count). The molecule has 7 heteroatoms. The van der Waals surface area contributed by atoms with Crippen molar-refractivity contribution in [3.63, 3.8) is 0 Å². The SMILES string of the molecule is COc1ccc(S(=O)(=O)NCc2ccc(-c3nccs3)cc2)cc1. The molecule has 0 saturated heterocycles. The lowest BCUT2D eigenvalue weighted by Crippen LogP contribution is -2.23. The van der Waals surface area contributed by atoms with E-state index in [0.29, 0.717) is 5.75 Å². The van der Waals surface area contributed by atoms with Gasteiger partial charge >= 0.3 is 0 Å². The average Bonchev–Trinajstić information content (AvgIpc) is 3.15. The van der Waals surface area contributed by atoms with E-state index in [4.69, 9.17) is 4.74 Å². The molecule has 0 amide bonds. The third-order valence-electron chi connectivity index (χ3n) is 3.47. The van der Waals surface area contributed by atoms with Crippen LogP contribution in [0.1, 0.15) is 5.56 Å². The maximum Gasteiger partial charge on any atom is 0.240 e. The van der Waals surface area contributed by atoms with E-state index in [2.05, 4.69) is 9.71 Å². The molecule has 1 N–H and O–H groups in total. The van der Waals surface area contributed by atoms with Crippen molar-refractivity contribution in [3.8, 4) is 16.3 Å². The first-order chi connectivity index (χ1) is 11.6. The monoisotopic (exact) mass is 360 g/mol. The number of aromatic nitrogens is 1. The van der Waals surface area contributed by atoms with Crippen LogP contribution in [0, 0.1) is 0 Å². The van der Waals surface area contributed by atoms with Gasteiger partial charge in [0, 0.05) is 23.7 Å². The Morgan fingerprint density at radius 1 is 1.08 bits per heavy atom. The Morgan fingerprint density at radius 3 is 2.38 bits per heavy atom. The molecule has 0 radical (unpaired) electrons. The minimum absolute atomic E-state index is 0.211. The van der Waals surface area contributed by atoms with Gasteiger partial charge in [-0.05, 0) is 29.8 Å². The Balaban J connectivity index is 1.67. The summed E-state index contributed by atoms with van der Waals surface area (Å²) < 4.78 is 32.2. The Morgan fingerprint density at radius 2 is 1.79 bits per heavy atom. The Labute approximate surface area is 145 Å². The van der Waals surface area contributed by atoms with Gasteiger partial charge in [-0.15, -0.1) is 11.3 Å². The number of hydrogen-bond donors (Lipinski definition) is 1. The summed E-state index contributed by atoms with van der Waals surface area (Å²) in [6.07, 6.45) is 1.76. The standard InChI is InChI=1S/C17H16N2O3S2/c1-22-15-6-8-16(9-7-15)24(20,21)19-12-13-2-4-14(5-3-13)17-18-10-11-23-17/h2-11,19H,12H2,1H3. The van der Waals surface area contributed by atoms with Crippen LogP contribution < -0.4 is 9.46 Å². The Bertz CT molecular complexity index is 888. The van der Waals surface area contributed by atoms with Gasteiger partial charge in [0.1, 0.15) is 10.8 Å². The van der Waals surface area contributed by atoms with Crippen molar-refractivity contribution < 1.29 is 13.2 Å². The summed E-state index contributed by atoms with van der Waals surface area (Å²) in [5.41, 5.74) is 1.90. The highest BCUT2D eigenvalue weighted by atomic mass is 32.2.